The first-order valence-electron chi connectivity index (χ1n) is 6.30. The topological polar surface area (TPSA) is 60.5 Å². The summed E-state index contributed by atoms with van der Waals surface area (Å²) >= 11 is 7.05. The molecule has 2 rings (SSSR count). The molecule has 1 unspecified atom stereocenters. The monoisotopic (exact) mass is 326 g/mol. The third-order valence-corrected chi connectivity index (χ3v) is 3.96. The lowest BCUT2D eigenvalue weighted by Gasteiger charge is -2.14. The number of hydrogen-bond acceptors (Lipinski definition) is 6. The first-order chi connectivity index (χ1) is 10.1. The van der Waals surface area contributed by atoms with Crippen LogP contribution < -0.4 is 10.1 Å². The maximum absolute atomic E-state index is 11.4. The van der Waals surface area contributed by atoms with E-state index in [2.05, 4.69) is 15.0 Å². The van der Waals surface area contributed by atoms with Crippen molar-refractivity contribution >= 4 is 34.0 Å². The van der Waals surface area contributed by atoms with Gasteiger partial charge >= 0.3 is 5.97 Å². The molecule has 0 aliphatic rings. The molecule has 1 aromatic heterocycles. The summed E-state index contributed by atoms with van der Waals surface area (Å²) in [6, 6.07) is 9.55. The van der Waals surface area contributed by atoms with Crippen LogP contribution >= 0.6 is 22.9 Å². The number of hydrogen-bond donors (Lipinski definition) is 1. The molecule has 1 aromatic carbocycles. The fraction of sp³-hybridized carbons (Fsp3) is 0.286. The van der Waals surface area contributed by atoms with Crippen LogP contribution in [0.15, 0.2) is 30.3 Å². The molecule has 1 N–H and O–H groups in total. The maximum Gasteiger partial charge on any atom is 0.351 e. The van der Waals surface area contributed by atoms with Gasteiger partial charge in [-0.2, -0.15) is 0 Å². The van der Waals surface area contributed by atoms with Crippen LogP contribution in [0.4, 0.5) is 5.13 Å². The number of rotatable bonds is 6. The number of aromatic nitrogens is 1. The summed E-state index contributed by atoms with van der Waals surface area (Å²) < 4.78 is 10.4. The summed E-state index contributed by atoms with van der Waals surface area (Å²) in [5, 5.41) is 3.80. The van der Waals surface area contributed by atoms with Crippen LogP contribution in [-0.4, -0.2) is 30.7 Å². The number of anilines is 1. The normalized spacial score (nSPS) is 11.8. The van der Waals surface area contributed by atoms with E-state index in [1.54, 1.807) is 0 Å². The van der Waals surface area contributed by atoms with E-state index >= 15 is 0 Å². The largest absolute Gasteiger partial charge is 0.489 e. The van der Waals surface area contributed by atoms with Gasteiger partial charge in [-0.25, -0.2) is 9.78 Å². The molecule has 0 fully saturated rings. The van der Waals surface area contributed by atoms with Crippen molar-refractivity contribution in [3.8, 4) is 5.75 Å². The summed E-state index contributed by atoms with van der Waals surface area (Å²) in [6.45, 7) is 2.48. The Morgan fingerprint density at radius 1 is 1.43 bits per heavy atom. The lowest BCUT2D eigenvalue weighted by atomic mass is 10.3. The van der Waals surface area contributed by atoms with Crippen LogP contribution in [0, 0.1) is 0 Å². The van der Waals surface area contributed by atoms with Crippen molar-refractivity contribution in [2.75, 3.05) is 19.0 Å². The number of esters is 1. The van der Waals surface area contributed by atoms with Gasteiger partial charge in [-0.15, -0.1) is 0 Å². The third kappa shape index (κ3) is 4.34. The number of carbonyl (C=O) groups is 1. The van der Waals surface area contributed by atoms with Gasteiger partial charge in [-0.3, -0.25) is 0 Å². The minimum Gasteiger partial charge on any atom is -0.489 e. The molecule has 21 heavy (non-hydrogen) atoms. The zero-order valence-electron chi connectivity index (χ0n) is 11.6. The minimum absolute atomic E-state index is 0.0587. The Morgan fingerprint density at radius 3 is 2.81 bits per heavy atom. The van der Waals surface area contributed by atoms with Crippen molar-refractivity contribution in [2.45, 2.75) is 13.0 Å². The van der Waals surface area contributed by atoms with E-state index in [4.69, 9.17) is 16.3 Å². The molecule has 5 nitrogen and oxygen atoms in total. The maximum atomic E-state index is 11.4. The second-order valence-electron chi connectivity index (χ2n) is 4.25. The van der Waals surface area contributed by atoms with Gasteiger partial charge < -0.3 is 14.8 Å². The van der Waals surface area contributed by atoms with Crippen molar-refractivity contribution in [2.24, 2.45) is 0 Å². The van der Waals surface area contributed by atoms with Gasteiger partial charge in [0, 0.05) is 0 Å². The Bertz CT molecular complexity index is 604. The molecule has 0 aliphatic heterocycles. The second-order valence-corrected chi connectivity index (χ2v) is 5.61. The number of benzene rings is 1. The average molecular weight is 327 g/mol. The van der Waals surface area contributed by atoms with E-state index in [1.807, 2.05) is 37.3 Å². The van der Waals surface area contributed by atoms with E-state index in [1.165, 1.54) is 7.11 Å². The summed E-state index contributed by atoms with van der Waals surface area (Å²) in [5.74, 6) is 0.318. The fourth-order valence-electron chi connectivity index (χ4n) is 1.60. The van der Waals surface area contributed by atoms with Gasteiger partial charge in [0.25, 0.3) is 0 Å². The number of halogens is 1. The highest BCUT2D eigenvalue weighted by molar-refractivity contribution is 7.18. The summed E-state index contributed by atoms with van der Waals surface area (Å²) in [5.41, 5.74) is 0. The zero-order chi connectivity index (χ0) is 15.2. The van der Waals surface area contributed by atoms with Crippen molar-refractivity contribution in [1.82, 2.24) is 4.98 Å². The Kier molecular flexibility index (Phi) is 5.41. The number of nitrogens with zero attached hydrogens (tertiary/aromatic N) is 1. The van der Waals surface area contributed by atoms with Gasteiger partial charge in [-0.1, -0.05) is 41.1 Å². The van der Waals surface area contributed by atoms with E-state index in [0.29, 0.717) is 16.6 Å². The summed E-state index contributed by atoms with van der Waals surface area (Å²) in [4.78, 5) is 15.8. The number of methoxy groups -OCH3 is 1. The molecule has 0 saturated heterocycles. The molecule has 0 spiro atoms. The highest BCUT2D eigenvalue weighted by atomic mass is 35.5. The highest BCUT2D eigenvalue weighted by Gasteiger charge is 2.17. The fourth-order valence-corrected chi connectivity index (χ4v) is 2.71. The lowest BCUT2D eigenvalue weighted by Crippen LogP contribution is -2.22. The quantitative estimate of drug-likeness (QED) is 0.824. The smallest absolute Gasteiger partial charge is 0.351 e. The van der Waals surface area contributed by atoms with Crippen LogP contribution in [-0.2, 0) is 4.74 Å². The summed E-state index contributed by atoms with van der Waals surface area (Å²) in [7, 11) is 1.31. The molecular formula is C14H15ClN2O3S. The SMILES string of the molecule is COC(=O)c1sc(NCC(C)Oc2ccccc2)nc1Cl. The number of nitrogens with one attached hydrogen (secondary N) is 1. The first kappa shape index (κ1) is 15.6. The number of thiazole rings is 1. The predicted molar refractivity (Wildman–Crippen MR) is 83.5 cm³/mol. The molecule has 7 heteroatoms. The first-order valence-corrected chi connectivity index (χ1v) is 7.50. The van der Waals surface area contributed by atoms with E-state index in [-0.39, 0.29) is 11.3 Å². The van der Waals surface area contributed by atoms with Crippen LogP contribution in [0.3, 0.4) is 0 Å². The Hall–Kier alpha value is -1.79. The summed E-state index contributed by atoms with van der Waals surface area (Å²) in [6.07, 6.45) is -0.0587. The minimum atomic E-state index is -0.487. The Morgan fingerprint density at radius 2 is 2.14 bits per heavy atom. The number of carbonyl (C=O) groups excluding carboxylic acids is 1. The van der Waals surface area contributed by atoms with Crippen LogP contribution in [0.5, 0.6) is 5.75 Å². The van der Waals surface area contributed by atoms with Gasteiger partial charge in [0.2, 0.25) is 0 Å². The van der Waals surface area contributed by atoms with Gasteiger partial charge in [0.15, 0.2) is 15.2 Å². The molecule has 0 saturated carbocycles. The lowest BCUT2D eigenvalue weighted by molar-refractivity contribution is 0.0606. The molecular weight excluding hydrogens is 312 g/mol. The van der Waals surface area contributed by atoms with E-state index in [0.717, 1.165) is 17.1 Å². The second kappa shape index (κ2) is 7.28. The van der Waals surface area contributed by atoms with E-state index < -0.39 is 5.97 Å². The van der Waals surface area contributed by atoms with Crippen molar-refractivity contribution < 1.29 is 14.3 Å². The molecule has 112 valence electrons. The predicted octanol–water partition coefficient (Wildman–Crippen LogP) is 3.46. The third-order valence-electron chi connectivity index (χ3n) is 2.58. The average Bonchev–Trinajstić information content (AvgIpc) is 2.86. The van der Waals surface area contributed by atoms with Crippen LogP contribution in [0.2, 0.25) is 5.15 Å². The van der Waals surface area contributed by atoms with Crippen LogP contribution in [0.1, 0.15) is 16.6 Å². The molecule has 0 bridgehead atoms. The zero-order valence-corrected chi connectivity index (χ0v) is 13.2. The van der Waals surface area contributed by atoms with Gasteiger partial charge in [0.1, 0.15) is 11.9 Å². The molecule has 0 amide bonds. The standard InChI is InChI=1S/C14H15ClN2O3S/c1-9(20-10-6-4-3-5-7-10)8-16-14-17-12(15)11(21-14)13(18)19-2/h3-7,9H,8H2,1-2H3,(H,16,17). The van der Waals surface area contributed by atoms with Crippen molar-refractivity contribution in [3.63, 3.8) is 0 Å². The number of para-hydroxylation sites is 1. The highest BCUT2D eigenvalue weighted by Crippen LogP contribution is 2.27. The Labute approximate surface area is 131 Å². The molecule has 1 atom stereocenters. The van der Waals surface area contributed by atoms with Gasteiger partial charge in [0.05, 0.1) is 13.7 Å². The Balaban J connectivity index is 1.89. The van der Waals surface area contributed by atoms with E-state index in [9.17, 15) is 4.79 Å². The molecule has 0 radical (unpaired) electrons. The van der Waals surface area contributed by atoms with Crippen molar-refractivity contribution in [3.05, 3.63) is 40.4 Å². The van der Waals surface area contributed by atoms with Gasteiger partial charge in [-0.05, 0) is 19.1 Å². The molecule has 2 aromatic rings. The number of ether oxygens (including phenoxy) is 2. The molecule has 0 aliphatic carbocycles. The van der Waals surface area contributed by atoms with Crippen LogP contribution in [0.25, 0.3) is 0 Å². The van der Waals surface area contributed by atoms with Crippen molar-refractivity contribution in [1.29, 1.82) is 0 Å². The molecule has 1 heterocycles.